The second-order valence-electron chi connectivity index (χ2n) is 3.47. The van der Waals surface area contributed by atoms with Gasteiger partial charge in [-0.1, -0.05) is 6.92 Å². The zero-order chi connectivity index (χ0) is 8.65. The normalized spacial score (nSPS) is 39.4. The maximum absolute atomic E-state index is 11.1. The highest BCUT2D eigenvalue weighted by atomic mass is 32.2. The number of hydrogen-bond donors (Lipinski definition) is 1. The summed E-state index contributed by atoms with van der Waals surface area (Å²) in [5.74, 6) is 0.130. The molecule has 0 aromatic carbocycles. The standard InChI is InChI=1S/C7H15NO2S/c1-5-6(8)3-4-7(5)11(2,9)10/h5-7H,3-4,8H2,1-2H3. The molecule has 1 rings (SSSR count). The third-order valence-corrected chi connectivity index (χ3v) is 4.36. The van der Waals surface area contributed by atoms with E-state index in [4.69, 9.17) is 5.73 Å². The lowest BCUT2D eigenvalue weighted by Gasteiger charge is -2.15. The van der Waals surface area contributed by atoms with Gasteiger partial charge in [0.15, 0.2) is 9.84 Å². The van der Waals surface area contributed by atoms with E-state index < -0.39 is 9.84 Å². The van der Waals surface area contributed by atoms with Gasteiger partial charge in [0.1, 0.15) is 0 Å². The Morgan fingerprint density at radius 2 is 1.91 bits per heavy atom. The van der Waals surface area contributed by atoms with Gasteiger partial charge in [0.05, 0.1) is 5.25 Å². The Morgan fingerprint density at radius 3 is 2.09 bits per heavy atom. The first-order chi connectivity index (χ1) is 4.93. The molecule has 3 unspecified atom stereocenters. The second kappa shape index (κ2) is 2.75. The fraction of sp³-hybridized carbons (Fsp3) is 1.00. The summed E-state index contributed by atoms with van der Waals surface area (Å²) in [5.41, 5.74) is 5.70. The summed E-state index contributed by atoms with van der Waals surface area (Å²) in [5, 5.41) is -0.197. The van der Waals surface area contributed by atoms with E-state index in [1.54, 1.807) is 0 Å². The van der Waals surface area contributed by atoms with Crippen LogP contribution < -0.4 is 5.73 Å². The molecule has 0 heterocycles. The molecule has 1 fully saturated rings. The van der Waals surface area contributed by atoms with Gasteiger partial charge in [-0.25, -0.2) is 8.42 Å². The smallest absolute Gasteiger partial charge is 0.150 e. The van der Waals surface area contributed by atoms with Crippen LogP contribution in [0.4, 0.5) is 0 Å². The molecule has 2 N–H and O–H groups in total. The molecule has 4 heteroatoms. The molecule has 0 aromatic heterocycles. The summed E-state index contributed by atoms with van der Waals surface area (Å²) < 4.78 is 22.3. The Balaban J connectivity index is 2.78. The summed E-state index contributed by atoms with van der Waals surface area (Å²) in [6.07, 6.45) is 2.88. The number of hydrogen-bond acceptors (Lipinski definition) is 3. The van der Waals surface area contributed by atoms with E-state index in [1.807, 2.05) is 6.92 Å². The molecule has 11 heavy (non-hydrogen) atoms. The average Bonchev–Trinajstić information content (AvgIpc) is 2.11. The molecule has 0 saturated heterocycles. The lowest BCUT2D eigenvalue weighted by atomic mass is 10.1. The Hall–Kier alpha value is -0.0900. The largest absolute Gasteiger partial charge is 0.327 e. The third kappa shape index (κ3) is 1.73. The molecule has 1 aliphatic rings. The van der Waals surface area contributed by atoms with Crippen LogP contribution in [-0.2, 0) is 9.84 Å². The van der Waals surface area contributed by atoms with Crippen molar-refractivity contribution in [3.05, 3.63) is 0 Å². The van der Waals surface area contributed by atoms with Crippen LogP contribution in [0.3, 0.4) is 0 Å². The molecule has 1 aliphatic carbocycles. The molecular formula is C7H15NO2S. The zero-order valence-electron chi connectivity index (χ0n) is 6.95. The van der Waals surface area contributed by atoms with Gasteiger partial charge >= 0.3 is 0 Å². The van der Waals surface area contributed by atoms with Crippen LogP contribution in [0.2, 0.25) is 0 Å². The Bertz CT molecular complexity index is 235. The highest BCUT2D eigenvalue weighted by Crippen LogP contribution is 2.29. The van der Waals surface area contributed by atoms with E-state index in [0.29, 0.717) is 0 Å². The SMILES string of the molecule is CC1C(N)CCC1S(C)(=O)=O. The first kappa shape index (κ1) is 9.00. The second-order valence-corrected chi connectivity index (χ2v) is 5.73. The molecule has 66 valence electrons. The van der Waals surface area contributed by atoms with E-state index in [1.165, 1.54) is 6.26 Å². The molecule has 0 bridgehead atoms. The summed E-state index contributed by atoms with van der Waals surface area (Å²) in [7, 11) is -2.86. The first-order valence-electron chi connectivity index (χ1n) is 3.87. The van der Waals surface area contributed by atoms with Crippen LogP contribution in [0, 0.1) is 5.92 Å². The number of rotatable bonds is 1. The van der Waals surface area contributed by atoms with Crippen LogP contribution >= 0.6 is 0 Å². The van der Waals surface area contributed by atoms with Crippen molar-refractivity contribution in [2.24, 2.45) is 11.7 Å². The van der Waals surface area contributed by atoms with Gasteiger partial charge in [-0.15, -0.1) is 0 Å². The van der Waals surface area contributed by atoms with Gasteiger partial charge in [-0.3, -0.25) is 0 Å². The van der Waals surface area contributed by atoms with Crippen LogP contribution in [-0.4, -0.2) is 26.0 Å². The molecule has 0 aromatic rings. The minimum absolute atomic E-state index is 0.0784. The third-order valence-electron chi connectivity index (χ3n) is 2.60. The monoisotopic (exact) mass is 177 g/mol. The van der Waals surface area contributed by atoms with Crippen molar-refractivity contribution in [2.45, 2.75) is 31.1 Å². The van der Waals surface area contributed by atoms with Crippen molar-refractivity contribution < 1.29 is 8.42 Å². The Labute approximate surface area is 67.9 Å². The predicted octanol–water partition coefficient (Wildman–Crippen LogP) is 0.157. The zero-order valence-corrected chi connectivity index (χ0v) is 7.76. The molecule has 0 aliphatic heterocycles. The first-order valence-corrected chi connectivity index (χ1v) is 5.83. The molecule has 3 nitrogen and oxygen atoms in total. The molecule has 3 atom stereocenters. The van der Waals surface area contributed by atoms with Crippen molar-refractivity contribution in [3.8, 4) is 0 Å². The van der Waals surface area contributed by atoms with Crippen molar-refractivity contribution in [1.29, 1.82) is 0 Å². The number of nitrogens with two attached hydrogens (primary N) is 1. The van der Waals surface area contributed by atoms with E-state index >= 15 is 0 Å². The van der Waals surface area contributed by atoms with E-state index in [-0.39, 0.29) is 17.2 Å². The fourth-order valence-electron chi connectivity index (χ4n) is 1.76. The van der Waals surface area contributed by atoms with Crippen LogP contribution in [0.15, 0.2) is 0 Å². The summed E-state index contributed by atoms with van der Waals surface area (Å²) in [4.78, 5) is 0. The highest BCUT2D eigenvalue weighted by Gasteiger charge is 2.36. The summed E-state index contributed by atoms with van der Waals surface area (Å²) >= 11 is 0. The molecular weight excluding hydrogens is 162 g/mol. The predicted molar refractivity (Wildman–Crippen MR) is 45.0 cm³/mol. The van der Waals surface area contributed by atoms with E-state index in [0.717, 1.165) is 12.8 Å². The van der Waals surface area contributed by atoms with Crippen molar-refractivity contribution in [2.75, 3.05) is 6.26 Å². The minimum atomic E-state index is -2.86. The van der Waals surface area contributed by atoms with Gasteiger partial charge in [-0.05, 0) is 18.8 Å². The summed E-state index contributed by atoms with van der Waals surface area (Å²) in [6.45, 7) is 1.92. The summed E-state index contributed by atoms with van der Waals surface area (Å²) in [6, 6.07) is 0.0784. The fourth-order valence-corrected chi connectivity index (χ4v) is 3.31. The van der Waals surface area contributed by atoms with Gasteiger partial charge in [-0.2, -0.15) is 0 Å². The Morgan fingerprint density at radius 1 is 1.36 bits per heavy atom. The van der Waals surface area contributed by atoms with Crippen molar-refractivity contribution >= 4 is 9.84 Å². The lowest BCUT2D eigenvalue weighted by Crippen LogP contribution is -2.31. The van der Waals surface area contributed by atoms with Crippen molar-refractivity contribution in [3.63, 3.8) is 0 Å². The lowest BCUT2D eigenvalue weighted by molar-refractivity contribution is 0.509. The van der Waals surface area contributed by atoms with Crippen LogP contribution in [0.5, 0.6) is 0 Å². The van der Waals surface area contributed by atoms with Crippen molar-refractivity contribution in [1.82, 2.24) is 0 Å². The Kier molecular flexibility index (Phi) is 2.25. The van der Waals surface area contributed by atoms with Gasteiger partial charge in [0.25, 0.3) is 0 Å². The highest BCUT2D eigenvalue weighted by molar-refractivity contribution is 7.91. The van der Waals surface area contributed by atoms with Gasteiger partial charge < -0.3 is 5.73 Å². The van der Waals surface area contributed by atoms with Crippen LogP contribution in [0.1, 0.15) is 19.8 Å². The van der Waals surface area contributed by atoms with Gasteiger partial charge in [0, 0.05) is 12.3 Å². The maximum Gasteiger partial charge on any atom is 0.150 e. The topological polar surface area (TPSA) is 60.2 Å². The molecule has 0 amide bonds. The number of sulfone groups is 1. The van der Waals surface area contributed by atoms with E-state index in [2.05, 4.69) is 0 Å². The van der Waals surface area contributed by atoms with E-state index in [9.17, 15) is 8.42 Å². The van der Waals surface area contributed by atoms with Gasteiger partial charge in [0.2, 0.25) is 0 Å². The maximum atomic E-state index is 11.1. The average molecular weight is 177 g/mol. The van der Waals surface area contributed by atoms with Crippen LogP contribution in [0.25, 0.3) is 0 Å². The minimum Gasteiger partial charge on any atom is -0.327 e. The molecule has 0 spiro atoms. The molecule has 0 radical (unpaired) electrons. The molecule has 1 saturated carbocycles. The quantitative estimate of drug-likeness (QED) is 0.620.